The zero-order valence-electron chi connectivity index (χ0n) is 18.0. The third kappa shape index (κ3) is 3.14. The molecule has 0 amide bonds. The first-order valence-corrected chi connectivity index (χ1v) is 10.0. The van der Waals surface area contributed by atoms with Gasteiger partial charge in [-0.15, -0.1) is 0 Å². The van der Waals surface area contributed by atoms with E-state index in [1.165, 1.54) is 0 Å². The van der Waals surface area contributed by atoms with Crippen molar-refractivity contribution in [1.82, 2.24) is 14.3 Å². The van der Waals surface area contributed by atoms with Crippen molar-refractivity contribution in [3.63, 3.8) is 0 Å². The number of ether oxygens (including phenoxy) is 1. The predicted octanol–water partition coefficient (Wildman–Crippen LogP) is 5.13. The number of hydrogen-bond donors (Lipinski definition) is 1. The number of carbonyl (C=O) groups is 1. The van der Waals surface area contributed by atoms with Crippen LogP contribution in [0.5, 0.6) is 5.75 Å². The molecule has 0 aliphatic carbocycles. The van der Waals surface area contributed by atoms with E-state index in [-0.39, 0.29) is 5.78 Å². The maximum absolute atomic E-state index is 12.3. The summed E-state index contributed by atoms with van der Waals surface area (Å²) in [6, 6.07) is 6.23. The number of fused-ring (bicyclic) bond motifs is 3. The number of hydrogen-bond acceptors (Lipinski definition) is 4. The van der Waals surface area contributed by atoms with Gasteiger partial charge in [0, 0.05) is 67.4 Å². The summed E-state index contributed by atoms with van der Waals surface area (Å²) >= 11 is 0. The van der Waals surface area contributed by atoms with Crippen LogP contribution in [0.2, 0.25) is 0 Å². The largest absolute Gasteiger partial charge is 0.488 e. The molecule has 0 unspecified atom stereocenters. The Morgan fingerprint density at radius 3 is 2.67 bits per heavy atom. The molecule has 1 aliphatic heterocycles. The van der Waals surface area contributed by atoms with Gasteiger partial charge < -0.3 is 14.6 Å². The Kier molecular flexibility index (Phi) is 5.08. The predicted molar refractivity (Wildman–Crippen MR) is 121 cm³/mol. The van der Waals surface area contributed by atoms with Crippen molar-refractivity contribution in [2.45, 2.75) is 27.4 Å². The summed E-state index contributed by atoms with van der Waals surface area (Å²) in [5.41, 5.74) is 7.20. The number of aromatic nitrogens is 3. The van der Waals surface area contributed by atoms with Crippen LogP contribution in [0.4, 0.5) is 5.69 Å². The number of Topliss-reactive ketones (excluding diaryl/α,β-unsaturated/α-hetero) is 1. The minimum Gasteiger partial charge on any atom is -0.488 e. The van der Waals surface area contributed by atoms with E-state index in [1.54, 1.807) is 6.92 Å². The first-order chi connectivity index (χ1) is 14.5. The Hall–Kier alpha value is -3.54. The van der Waals surface area contributed by atoms with E-state index >= 15 is 0 Å². The molecule has 0 radical (unpaired) electrons. The number of nitrogens with one attached hydrogen (secondary N) is 1. The Morgan fingerprint density at radius 2 is 2.07 bits per heavy atom. The standard InChI is InChI=1S/C24H26N4O2/c1-6-8-17(7-2)28-24-19-11-18(16-9-10-27(5)13-16)21(25-4)12-22(19)30-14-20(24)23(26-28)15(3)29/h6-13,25H,14H2,1-5H3/b8-6-,17-7+. The van der Waals surface area contributed by atoms with Gasteiger partial charge >= 0.3 is 0 Å². The van der Waals surface area contributed by atoms with Gasteiger partial charge in [-0.1, -0.05) is 12.2 Å². The van der Waals surface area contributed by atoms with Gasteiger partial charge in [0.1, 0.15) is 18.1 Å². The van der Waals surface area contributed by atoms with Gasteiger partial charge in [0.25, 0.3) is 0 Å². The molecule has 4 rings (SSSR count). The Bertz CT molecular complexity index is 1190. The first kappa shape index (κ1) is 19.8. The van der Waals surface area contributed by atoms with E-state index in [0.29, 0.717) is 12.3 Å². The number of rotatable bonds is 5. The topological polar surface area (TPSA) is 61.1 Å². The second kappa shape index (κ2) is 7.71. The van der Waals surface area contributed by atoms with Crippen molar-refractivity contribution >= 4 is 17.2 Å². The third-order valence-corrected chi connectivity index (χ3v) is 5.35. The highest BCUT2D eigenvalue weighted by atomic mass is 16.5. The summed E-state index contributed by atoms with van der Waals surface area (Å²) < 4.78 is 9.97. The van der Waals surface area contributed by atoms with Gasteiger partial charge in [0.2, 0.25) is 0 Å². The van der Waals surface area contributed by atoms with Crippen molar-refractivity contribution in [3.8, 4) is 28.1 Å². The van der Waals surface area contributed by atoms with Gasteiger partial charge in [-0.05, 0) is 32.1 Å². The van der Waals surface area contributed by atoms with Crippen LogP contribution < -0.4 is 10.1 Å². The molecule has 0 saturated carbocycles. The lowest BCUT2D eigenvalue weighted by Gasteiger charge is -2.22. The van der Waals surface area contributed by atoms with Crippen LogP contribution in [0.25, 0.3) is 28.1 Å². The SMILES string of the molecule is C/C=C\C(=C/C)n1nc(C(C)=O)c2c1-c1cc(-c3ccn(C)c3)c(NC)cc1OC2. The summed E-state index contributed by atoms with van der Waals surface area (Å²) in [5.74, 6) is 0.710. The average Bonchev–Trinajstić information content (AvgIpc) is 3.35. The molecule has 2 aromatic heterocycles. The maximum atomic E-state index is 12.3. The molecule has 154 valence electrons. The molecule has 6 nitrogen and oxygen atoms in total. The molecule has 0 atom stereocenters. The van der Waals surface area contributed by atoms with Gasteiger partial charge in [-0.25, -0.2) is 4.68 Å². The highest BCUT2D eigenvalue weighted by molar-refractivity contribution is 5.97. The molecule has 3 heterocycles. The maximum Gasteiger partial charge on any atom is 0.180 e. The highest BCUT2D eigenvalue weighted by Crippen LogP contribution is 2.45. The molecule has 1 N–H and O–H groups in total. The second-order valence-corrected chi connectivity index (χ2v) is 7.36. The minimum absolute atomic E-state index is 0.0666. The van der Waals surface area contributed by atoms with E-state index in [2.05, 4.69) is 28.7 Å². The Morgan fingerprint density at radius 1 is 1.27 bits per heavy atom. The van der Waals surface area contributed by atoms with Crippen molar-refractivity contribution in [2.24, 2.45) is 7.05 Å². The Labute approximate surface area is 176 Å². The molecular weight excluding hydrogens is 376 g/mol. The zero-order chi connectivity index (χ0) is 21.4. The van der Waals surface area contributed by atoms with Crippen LogP contribution in [0.3, 0.4) is 0 Å². The Balaban J connectivity index is 2.02. The van der Waals surface area contributed by atoms with E-state index in [0.717, 1.165) is 45.1 Å². The van der Waals surface area contributed by atoms with Crippen molar-refractivity contribution in [1.29, 1.82) is 0 Å². The molecular formula is C24H26N4O2. The zero-order valence-corrected chi connectivity index (χ0v) is 18.0. The molecule has 0 bridgehead atoms. The van der Waals surface area contributed by atoms with E-state index in [4.69, 9.17) is 4.74 Å². The number of aryl methyl sites for hydroxylation is 1. The summed E-state index contributed by atoms with van der Waals surface area (Å²) in [6.07, 6.45) is 10.1. The van der Waals surface area contributed by atoms with Crippen LogP contribution in [-0.4, -0.2) is 27.2 Å². The summed E-state index contributed by atoms with van der Waals surface area (Å²) in [5, 5.41) is 7.96. The summed E-state index contributed by atoms with van der Waals surface area (Å²) in [4.78, 5) is 12.3. The average molecular weight is 402 g/mol. The molecule has 0 fully saturated rings. The van der Waals surface area contributed by atoms with Gasteiger partial charge in [0.05, 0.1) is 11.4 Å². The molecule has 6 heteroatoms. The van der Waals surface area contributed by atoms with Crippen LogP contribution in [0, 0.1) is 0 Å². The minimum atomic E-state index is -0.0666. The quantitative estimate of drug-likeness (QED) is 0.475. The molecule has 30 heavy (non-hydrogen) atoms. The molecule has 3 aromatic rings. The highest BCUT2D eigenvalue weighted by Gasteiger charge is 2.30. The first-order valence-electron chi connectivity index (χ1n) is 10.0. The van der Waals surface area contributed by atoms with Crippen LogP contribution in [-0.2, 0) is 13.7 Å². The number of nitrogens with zero attached hydrogens (tertiary/aromatic N) is 3. The molecule has 1 aromatic carbocycles. The summed E-state index contributed by atoms with van der Waals surface area (Å²) in [6.45, 7) is 5.80. The normalized spacial score (nSPS) is 13.2. The number of carbonyl (C=O) groups excluding carboxylic acids is 1. The summed E-state index contributed by atoms with van der Waals surface area (Å²) in [7, 11) is 3.91. The van der Waals surface area contributed by atoms with Crippen LogP contribution in [0.1, 0.15) is 36.8 Å². The van der Waals surface area contributed by atoms with E-state index in [1.807, 2.05) is 67.7 Å². The fourth-order valence-electron chi connectivity index (χ4n) is 3.94. The van der Waals surface area contributed by atoms with Gasteiger partial charge in [0.15, 0.2) is 5.78 Å². The van der Waals surface area contributed by atoms with Gasteiger partial charge in [-0.3, -0.25) is 4.79 Å². The molecule has 1 aliphatic rings. The van der Waals surface area contributed by atoms with E-state index in [9.17, 15) is 4.79 Å². The molecule has 0 spiro atoms. The monoisotopic (exact) mass is 402 g/mol. The van der Waals surface area contributed by atoms with Crippen LogP contribution in [0.15, 0.2) is 48.8 Å². The lowest BCUT2D eigenvalue weighted by molar-refractivity contribution is 0.101. The van der Waals surface area contributed by atoms with Crippen molar-refractivity contribution in [2.75, 3.05) is 12.4 Å². The second-order valence-electron chi connectivity index (χ2n) is 7.36. The van der Waals surface area contributed by atoms with Crippen molar-refractivity contribution < 1.29 is 9.53 Å². The van der Waals surface area contributed by atoms with E-state index < -0.39 is 0 Å². The number of anilines is 1. The van der Waals surface area contributed by atoms with Crippen LogP contribution >= 0.6 is 0 Å². The lowest BCUT2D eigenvalue weighted by atomic mass is 9.96. The smallest absolute Gasteiger partial charge is 0.180 e. The van der Waals surface area contributed by atoms with Crippen molar-refractivity contribution in [3.05, 3.63) is 60.1 Å². The number of benzene rings is 1. The molecule has 0 saturated heterocycles. The number of ketones is 1. The fraction of sp³-hybridized carbons (Fsp3) is 0.250. The number of allylic oxidation sites excluding steroid dienone is 4. The lowest BCUT2D eigenvalue weighted by Crippen LogP contribution is -2.10. The van der Waals surface area contributed by atoms with Gasteiger partial charge in [-0.2, -0.15) is 5.10 Å². The third-order valence-electron chi connectivity index (χ3n) is 5.35. The fourth-order valence-corrected chi connectivity index (χ4v) is 3.94.